The number of hydrogen-bond donors (Lipinski definition) is 2. The fraction of sp³-hybridized carbons (Fsp3) is 0.611. The number of rotatable bonds is 7. The predicted molar refractivity (Wildman–Crippen MR) is 89.6 cm³/mol. The van der Waals surface area contributed by atoms with Gasteiger partial charge in [0.2, 0.25) is 0 Å². The highest BCUT2D eigenvalue weighted by molar-refractivity contribution is 5.96. The molecule has 1 aliphatic carbocycles. The fourth-order valence-electron chi connectivity index (χ4n) is 3.22. The number of amidine groups is 1. The average Bonchev–Trinajstić information content (AvgIpc) is 2.97. The molecule has 3 heteroatoms. The molecule has 0 aliphatic heterocycles. The van der Waals surface area contributed by atoms with Crippen molar-refractivity contribution >= 4 is 5.84 Å². The Hall–Kier alpha value is -1.35. The zero-order valence-electron chi connectivity index (χ0n) is 13.4. The van der Waals surface area contributed by atoms with E-state index in [-0.39, 0.29) is 5.84 Å². The van der Waals surface area contributed by atoms with Crippen molar-refractivity contribution in [2.45, 2.75) is 58.5 Å². The Balaban J connectivity index is 2.12. The van der Waals surface area contributed by atoms with Crippen molar-refractivity contribution in [2.75, 3.05) is 6.54 Å². The van der Waals surface area contributed by atoms with Crippen molar-refractivity contribution < 1.29 is 0 Å². The van der Waals surface area contributed by atoms with Gasteiger partial charge in [-0.3, -0.25) is 10.3 Å². The normalized spacial score (nSPS) is 16.0. The van der Waals surface area contributed by atoms with Crippen LogP contribution in [0.4, 0.5) is 0 Å². The Bertz CT molecular complexity index is 461. The molecule has 116 valence electrons. The first-order valence-electron chi connectivity index (χ1n) is 8.24. The van der Waals surface area contributed by atoms with E-state index in [0.29, 0.717) is 6.04 Å². The summed E-state index contributed by atoms with van der Waals surface area (Å²) in [6.45, 7) is 6.65. The quantitative estimate of drug-likeness (QED) is 0.592. The van der Waals surface area contributed by atoms with Crippen molar-refractivity contribution in [1.82, 2.24) is 4.90 Å². The van der Waals surface area contributed by atoms with Crippen molar-refractivity contribution in [3.05, 3.63) is 35.4 Å². The van der Waals surface area contributed by atoms with Crippen LogP contribution in [-0.4, -0.2) is 23.3 Å². The number of nitrogens with two attached hydrogens (primary N) is 1. The molecule has 0 unspecified atom stereocenters. The number of benzene rings is 1. The molecule has 1 saturated carbocycles. The van der Waals surface area contributed by atoms with Gasteiger partial charge in [-0.2, -0.15) is 0 Å². The summed E-state index contributed by atoms with van der Waals surface area (Å²) in [5.74, 6) is 0.915. The first-order valence-corrected chi connectivity index (χ1v) is 8.24. The van der Waals surface area contributed by atoms with Crippen LogP contribution in [0.15, 0.2) is 24.3 Å². The monoisotopic (exact) mass is 287 g/mol. The summed E-state index contributed by atoms with van der Waals surface area (Å²) in [5.41, 5.74) is 7.82. The van der Waals surface area contributed by atoms with E-state index in [1.807, 2.05) is 12.1 Å². The Labute approximate surface area is 129 Å². The standard InChI is InChI=1S/C18H29N3/c1-14(2)11-12-21(16-8-4-5-9-16)13-15-7-3-6-10-17(15)18(19)20/h3,6-7,10,14,16H,4-5,8-9,11-13H2,1-2H3,(H3,19,20). The molecule has 3 nitrogen and oxygen atoms in total. The summed E-state index contributed by atoms with van der Waals surface area (Å²) in [7, 11) is 0. The van der Waals surface area contributed by atoms with Gasteiger partial charge < -0.3 is 5.73 Å². The number of nitrogen functional groups attached to an aromatic ring is 1. The molecule has 21 heavy (non-hydrogen) atoms. The Morgan fingerprint density at radius 3 is 2.57 bits per heavy atom. The van der Waals surface area contributed by atoms with E-state index in [9.17, 15) is 0 Å². The van der Waals surface area contributed by atoms with Crippen LogP contribution in [0.25, 0.3) is 0 Å². The molecule has 3 N–H and O–H groups in total. The number of hydrogen-bond acceptors (Lipinski definition) is 2. The average molecular weight is 287 g/mol. The molecule has 2 rings (SSSR count). The van der Waals surface area contributed by atoms with Crippen molar-refractivity contribution in [3.63, 3.8) is 0 Å². The first kappa shape index (κ1) is 16.0. The van der Waals surface area contributed by atoms with Gasteiger partial charge in [0.05, 0.1) is 0 Å². The van der Waals surface area contributed by atoms with Crippen molar-refractivity contribution in [3.8, 4) is 0 Å². The maximum Gasteiger partial charge on any atom is 0.123 e. The van der Waals surface area contributed by atoms with Gasteiger partial charge in [-0.1, -0.05) is 51.0 Å². The van der Waals surface area contributed by atoms with E-state index in [1.165, 1.54) is 37.7 Å². The molecule has 1 aromatic rings. The highest BCUT2D eigenvalue weighted by Crippen LogP contribution is 2.26. The number of nitrogens with one attached hydrogen (secondary N) is 1. The summed E-state index contributed by atoms with van der Waals surface area (Å²) in [6, 6.07) is 8.82. The lowest BCUT2D eigenvalue weighted by atomic mass is 10.0. The van der Waals surface area contributed by atoms with Gasteiger partial charge in [0, 0.05) is 18.2 Å². The molecule has 1 fully saturated rings. The number of nitrogens with zero attached hydrogens (tertiary/aromatic N) is 1. The second-order valence-electron chi connectivity index (χ2n) is 6.66. The lowest BCUT2D eigenvalue weighted by Crippen LogP contribution is -2.35. The zero-order valence-corrected chi connectivity index (χ0v) is 13.4. The van der Waals surface area contributed by atoms with Crippen LogP contribution in [0.3, 0.4) is 0 Å². The molecule has 0 bridgehead atoms. The van der Waals surface area contributed by atoms with Gasteiger partial charge in [0.15, 0.2) is 0 Å². The SMILES string of the molecule is CC(C)CCN(Cc1ccccc1C(=N)N)C1CCCC1. The zero-order chi connectivity index (χ0) is 15.2. The molecular weight excluding hydrogens is 258 g/mol. The van der Waals surface area contributed by atoms with Crippen molar-refractivity contribution in [2.24, 2.45) is 11.7 Å². The Kier molecular flexibility index (Phi) is 5.80. The van der Waals surface area contributed by atoms with Crippen LogP contribution in [0.5, 0.6) is 0 Å². The molecule has 0 spiro atoms. The second kappa shape index (κ2) is 7.60. The third-order valence-electron chi connectivity index (χ3n) is 4.52. The molecule has 0 saturated heterocycles. The minimum absolute atomic E-state index is 0.181. The van der Waals surface area contributed by atoms with Gasteiger partial charge >= 0.3 is 0 Å². The van der Waals surface area contributed by atoms with Crippen LogP contribution in [0.1, 0.15) is 57.1 Å². The van der Waals surface area contributed by atoms with Crippen LogP contribution >= 0.6 is 0 Å². The molecular formula is C18H29N3. The van der Waals surface area contributed by atoms with Gasteiger partial charge in [-0.15, -0.1) is 0 Å². The van der Waals surface area contributed by atoms with E-state index in [0.717, 1.165) is 24.6 Å². The maximum atomic E-state index is 7.76. The van der Waals surface area contributed by atoms with Crippen LogP contribution in [-0.2, 0) is 6.54 Å². The molecule has 0 radical (unpaired) electrons. The van der Waals surface area contributed by atoms with E-state index in [2.05, 4.69) is 30.9 Å². The minimum Gasteiger partial charge on any atom is -0.384 e. The Morgan fingerprint density at radius 2 is 1.95 bits per heavy atom. The third kappa shape index (κ3) is 4.57. The van der Waals surface area contributed by atoms with E-state index in [1.54, 1.807) is 0 Å². The lowest BCUT2D eigenvalue weighted by molar-refractivity contribution is 0.179. The third-order valence-corrected chi connectivity index (χ3v) is 4.52. The largest absolute Gasteiger partial charge is 0.384 e. The summed E-state index contributed by atoms with van der Waals surface area (Å²) < 4.78 is 0. The molecule has 0 aromatic heterocycles. The molecule has 1 aliphatic rings. The lowest BCUT2D eigenvalue weighted by Gasteiger charge is -2.30. The summed E-state index contributed by atoms with van der Waals surface area (Å²) in [5, 5.41) is 7.76. The fourth-order valence-corrected chi connectivity index (χ4v) is 3.22. The van der Waals surface area contributed by atoms with E-state index >= 15 is 0 Å². The summed E-state index contributed by atoms with van der Waals surface area (Å²) in [6.07, 6.45) is 6.59. The summed E-state index contributed by atoms with van der Waals surface area (Å²) in [4.78, 5) is 2.62. The maximum absolute atomic E-state index is 7.76. The first-order chi connectivity index (χ1) is 10.1. The second-order valence-corrected chi connectivity index (χ2v) is 6.66. The molecule has 0 heterocycles. The topological polar surface area (TPSA) is 53.1 Å². The van der Waals surface area contributed by atoms with Crippen LogP contribution in [0, 0.1) is 11.3 Å². The molecule has 0 amide bonds. The van der Waals surface area contributed by atoms with Crippen LogP contribution < -0.4 is 5.73 Å². The predicted octanol–water partition coefficient (Wildman–Crippen LogP) is 3.76. The smallest absolute Gasteiger partial charge is 0.123 e. The molecule has 0 atom stereocenters. The van der Waals surface area contributed by atoms with Gasteiger partial charge in [-0.25, -0.2) is 0 Å². The Morgan fingerprint density at radius 1 is 1.29 bits per heavy atom. The van der Waals surface area contributed by atoms with Gasteiger partial charge in [0.25, 0.3) is 0 Å². The van der Waals surface area contributed by atoms with E-state index in [4.69, 9.17) is 11.1 Å². The van der Waals surface area contributed by atoms with Crippen molar-refractivity contribution in [1.29, 1.82) is 5.41 Å². The summed E-state index contributed by atoms with van der Waals surface area (Å²) >= 11 is 0. The van der Waals surface area contributed by atoms with Gasteiger partial charge in [0.1, 0.15) is 5.84 Å². The minimum atomic E-state index is 0.181. The highest BCUT2D eigenvalue weighted by Gasteiger charge is 2.23. The molecule has 1 aromatic carbocycles. The highest BCUT2D eigenvalue weighted by atomic mass is 15.2. The van der Waals surface area contributed by atoms with E-state index < -0.39 is 0 Å². The van der Waals surface area contributed by atoms with Crippen LogP contribution in [0.2, 0.25) is 0 Å². The van der Waals surface area contributed by atoms with Gasteiger partial charge in [-0.05, 0) is 37.3 Å².